The molecule has 2 aliphatic rings. The van der Waals surface area contributed by atoms with Crippen molar-refractivity contribution in [3.63, 3.8) is 0 Å². The van der Waals surface area contributed by atoms with Crippen LogP contribution in [0.25, 0.3) is 54.6 Å². The van der Waals surface area contributed by atoms with E-state index < -0.39 is 0 Å². The van der Waals surface area contributed by atoms with Gasteiger partial charge in [-0.15, -0.1) is 0 Å². The van der Waals surface area contributed by atoms with Crippen LogP contribution in [-0.2, 0) is 10.8 Å². The van der Waals surface area contributed by atoms with Gasteiger partial charge in [-0.25, -0.2) is 0 Å². The smallest absolute Gasteiger partial charge is 0.0543 e. The van der Waals surface area contributed by atoms with Crippen LogP contribution in [0.1, 0.15) is 49.9 Å². The topological polar surface area (TPSA) is 12.0 Å². The molecule has 9 rings (SSSR count). The molecule has 43 heavy (non-hydrogen) atoms. The molecule has 0 radical (unpaired) electrons. The highest BCUT2D eigenvalue weighted by Crippen LogP contribution is 2.57. The Morgan fingerprint density at radius 1 is 0.419 bits per heavy atom. The van der Waals surface area contributed by atoms with Gasteiger partial charge in [-0.2, -0.15) is 0 Å². The van der Waals surface area contributed by atoms with Gasteiger partial charge in [-0.05, 0) is 96.4 Å². The summed E-state index contributed by atoms with van der Waals surface area (Å²) in [5.41, 5.74) is 13.4. The second kappa shape index (κ2) is 8.36. The van der Waals surface area contributed by atoms with Gasteiger partial charge in [0.05, 0.1) is 5.69 Å². The van der Waals surface area contributed by atoms with Crippen LogP contribution in [0.5, 0.6) is 0 Å². The van der Waals surface area contributed by atoms with Crippen molar-refractivity contribution in [2.75, 3.05) is 5.32 Å². The summed E-state index contributed by atoms with van der Waals surface area (Å²) in [7, 11) is 0. The molecule has 206 valence electrons. The fraction of sp³-hybridized carbons (Fsp3) is 0.143. The Hall–Kier alpha value is -4.88. The highest BCUT2D eigenvalue weighted by atomic mass is 14.9. The van der Waals surface area contributed by atoms with Gasteiger partial charge in [0, 0.05) is 27.3 Å². The van der Waals surface area contributed by atoms with E-state index in [0.29, 0.717) is 0 Å². The van der Waals surface area contributed by atoms with Crippen molar-refractivity contribution < 1.29 is 0 Å². The third-order valence-electron chi connectivity index (χ3n) is 10.4. The summed E-state index contributed by atoms with van der Waals surface area (Å²) in [6.45, 7) is 9.57. The molecule has 0 bridgehead atoms. The highest BCUT2D eigenvalue weighted by Gasteiger charge is 2.42. The van der Waals surface area contributed by atoms with Crippen LogP contribution < -0.4 is 5.32 Å². The zero-order valence-electron chi connectivity index (χ0n) is 25.0. The molecular formula is C42H33N. The standard InChI is InChI=1S/C42H33N/c1-41(2)35-20-17-25-11-5-8-14-29(25)39(35)34-24-37-33(23-38(34)41)32-19-18-28(22-36(32)42(37,3)4)43-40-30-15-9-6-12-26(30)21-27-13-7-10-16-31(27)40/h5-24,43H,1-4H3. The van der Waals surface area contributed by atoms with E-state index in [9.17, 15) is 0 Å². The Labute approximate surface area is 252 Å². The molecule has 7 aromatic rings. The first-order valence-corrected chi connectivity index (χ1v) is 15.4. The van der Waals surface area contributed by atoms with Gasteiger partial charge in [-0.1, -0.05) is 119 Å². The van der Waals surface area contributed by atoms with Gasteiger partial charge >= 0.3 is 0 Å². The summed E-state index contributed by atoms with van der Waals surface area (Å²) in [5.74, 6) is 0. The lowest BCUT2D eigenvalue weighted by atomic mass is 9.79. The molecule has 1 heteroatoms. The third-order valence-corrected chi connectivity index (χ3v) is 10.4. The molecule has 1 nitrogen and oxygen atoms in total. The molecule has 0 spiro atoms. The van der Waals surface area contributed by atoms with E-state index >= 15 is 0 Å². The number of benzene rings is 7. The van der Waals surface area contributed by atoms with Crippen LogP contribution in [0.15, 0.2) is 121 Å². The maximum atomic E-state index is 3.88. The minimum Gasteiger partial charge on any atom is -0.355 e. The Morgan fingerprint density at radius 3 is 1.70 bits per heavy atom. The Bertz CT molecular complexity index is 2260. The summed E-state index contributed by atoms with van der Waals surface area (Å²) in [6.07, 6.45) is 0. The molecular weight excluding hydrogens is 518 g/mol. The monoisotopic (exact) mass is 551 g/mol. The van der Waals surface area contributed by atoms with Crippen molar-refractivity contribution in [3.8, 4) is 22.3 Å². The number of nitrogens with one attached hydrogen (secondary N) is 1. The number of hydrogen-bond acceptors (Lipinski definition) is 1. The fourth-order valence-electron chi connectivity index (χ4n) is 8.10. The lowest BCUT2D eigenvalue weighted by molar-refractivity contribution is 0.652. The van der Waals surface area contributed by atoms with E-state index in [2.05, 4.69) is 154 Å². The first kappa shape index (κ1) is 24.7. The molecule has 1 N–H and O–H groups in total. The molecule has 0 atom stereocenters. The summed E-state index contributed by atoms with van der Waals surface area (Å²) < 4.78 is 0. The van der Waals surface area contributed by atoms with Gasteiger partial charge in [0.25, 0.3) is 0 Å². The lowest BCUT2D eigenvalue weighted by Crippen LogP contribution is -2.17. The third kappa shape index (κ3) is 3.28. The van der Waals surface area contributed by atoms with Gasteiger partial charge in [-0.3, -0.25) is 0 Å². The molecule has 0 fully saturated rings. The zero-order chi connectivity index (χ0) is 29.1. The number of hydrogen-bond donors (Lipinski definition) is 1. The van der Waals surface area contributed by atoms with E-state index in [-0.39, 0.29) is 10.8 Å². The second-order valence-corrected chi connectivity index (χ2v) is 13.5. The van der Waals surface area contributed by atoms with E-state index in [4.69, 9.17) is 0 Å². The number of rotatable bonds is 2. The second-order valence-electron chi connectivity index (χ2n) is 13.5. The Morgan fingerprint density at radius 2 is 0.977 bits per heavy atom. The normalized spacial score (nSPS) is 15.3. The number of fused-ring (bicyclic) bond motifs is 10. The molecule has 0 amide bonds. The summed E-state index contributed by atoms with van der Waals surface area (Å²) >= 11 is 0. The molecule has 2 aliphatic carbocycles. The average Bonchev–Trinajstić information content (AvgIpc) is 3.39. The maximum Gasteiger partial charge on any atom is 0.0543 e. The molecule has 0 unspecified atom stereocenters. The maximum absolute atomic E-state index is 3.88. The largest absolute Gasteiger partial charge is 0.355 e. The van der Waals surface area contributed by atoms with Crippen LogP contribution in [0, 0.1) is 0 Å². The van der Waals surface area contributed by atoms with Crippen molar-refractivity contribution in [3.05, 3.63) is 144 Å². The molecule has 0 saturated heterocycles. The number of anilines is 2. The van der Waals surface area contributed by atoms with Crippen molar-refractivity contribution in [2.45, 2.75) is 38.5 Å². The van der Waals surface area contributed by atoms with Crippen molar-refractivity contribution >= 4 is 43.7 Å². The van der Waals surface area contributed by atoms with Crippen LogP contribution in [-0.4, -0.2) is 0 Å². The molecule has 7 aromatic carbocycles. The van der Waals surface area contributed by atoms with Gasteiger partial charge in [0.15, 0.2) is 0 Å². The first-order chi connectivity index (χ1) is 20.8. The summed E-state index contributed by atoms with van der Waals surface area (Å²) in [6, 6.07) is 45.2. The average molecular weight is 552 g/mol. The molecule has 0 aliphatic heterocycles. The fourth-order valence-corrected chi connectivity index (χ4v) is 8.10. The molecule has 0 heterocycles. The van der Waals surface area contributed by atoms with Crippen LogP contribution in [0.3, 0.4) is 0 Å². The van der Waals surface area contributed by atoms with Gasteiger partial charge in [0.1, 0.15) is 0 Å². The van der Waals surface area contributed by atoms with Crippen LogP contribution in [0.2, 0.25) is 0 Å². The Balaban J connectivity index is 1.21. The summed E-state index contributed by atoms with van der Waals surface area (Å²) in [4.78, 5) is 0. The first-order valence-electron chi connectivity index (χ1n) is 15.4. The SMILES string of the molecule is CC1(C)c2cc(Nc3c4ccccc4cc4ccccc34)ccc2-c2cc3c(cc21)-c1c(ccc2ccccc12)C3(C)C. The van der Waals surface area contributed by atoms with Crippen molar-refractivity contribution in [1.82, 2.24) is 0 Å². The minimum absolute atomic E-state index is 0.0481. The molecule has 0 saturated carbocycles. The minimum atomic E-state index is -0.115. The lowest BCUT2D eigenvalue weighted by Gasteiger charge is -2.24. The van der Waals surface area contributed by atoms with Crippen molar-refractivity contribution in [1.29, 1.82) is 0 Å². The predicted octanol–water partition coefficient (Wildman–Crippen LogP) is 11.5. The zero-order valence-corrected chi connectivity index (χ0v) is 25.0. The van der Waals surface area contributed by atoms with E-state index in [1.54, 1.807) is 0 Å². The molecule has 0 aromatic heterocycles. The van der Waals surface area contributed by atoms with E-state index in [1.807, 2.05) is 0 Å². The van der Waals surface area contributed by atoms with Crippen molar-refractivity contribution in [2.24, 2.45) is 0 Å². The van der Waals surface area contributed by atoms with E-state index in [1.165, 1.54) is 82.5 Å². The highest BCUT2D eigenvalue weighted by molar-refractivity contribution is 6.12. The Kier molecular flexibility index (Phi) is 4.80. The van der Waals surface area contributed by atoms with Crippen LogP contribution in [0.4, 0.5) is 11.4 Å². The van der Waals surface area contributed by atoms with E-state index in [0.717, 1.165) is 5.69 Å². The predicted molar refractivity (Wildman–Crippen MR) is 184 cm³/mol. The van der Waals surface area contributed by atoms with Gasteiger partial charge in [0.2, 0.25) is 0 Å². The summed E-state index contributed by atoms with van der Waals surface area (Å²) in [5, 5.41) is 11.5. The quantitative estimate of drug-likeness (QED) is 0.211. The van der Waals surface area contributed by atoms with Crippen LogP contribution >= 0.6 is 0 Å². The van der Waals surface area contributed by atoms with Gasteiger partial charge < -0.3 is 5.32 Å².